The van der Waals surface area contributed by atoms with E-state index in [-0.39, 0.29) is 0 Å². The Morgan fingerprint density at radius 3 is 1.08 bits per heavy atom. The summed E-state index contributed by atoms with van der Waals surface area (Å²) in [6.45, 7) is 18.3. The second-order valence-corrected chi connectivity index (χ2v) is 11.4. The highest BCUT2D eigenvalue weighted by Crippen LogP contribution is 2.17. The number of aliphatic hydroxyl groups excluding tert-OH is 1. The van der Waals surface area contributed by atoms with Crippen LogP contribution in [-0.4, -0.2) is 11.7 Å². The fourth-order valence-electron chi connectivity index (χ4n) is 4.26. The van der Waals surface area contributed by atoms with Gasteiger partial charge in [0, 0.05) is 6.61 Å². The van der Waals surface area contributed by atoms with Crippen LogP contribution in [0.1, 0.15) is 139 Å². The summed E-state index contributed by atoms with van der Waals surface area (Å²) in [6, 6.07) is 0. The van der Waals surface area contributed by atoms with Gasteiger partial charge in [0.15, 0.2) is 0 Å². The second kappa shape index (κ2) is 22.6. The molecule has 0 aromatic carbocycles. The first-order chi connectivity index (χ1) is 17.1. The summed E-state index contributed by atoms with van der Waals surface area (Å²) in [4.78, 5) is 0. The van der Waals surface area contributed by atoms with Crippen molar-refractivity contribution in [1.29, 1.82) is 0 Å². The minimum atomic E-state index is 0.314. The molecular weight excluding hydrogens is 436 g/mol. The third kappa shape index (κ3) is 22.8. The molecule has 0 saturated heterocycles. The molecule has 0 saturated carbocycles. The molecule has 0 rings (SSSR count). The van der Waals surface area contributed by atoms with E-state index in [0.29, 0.717) is 12.5 Å². The van der Waals surface area contributed by atoms with Gasteiger partial charge in [-0.3, -0.25) is 0 Å². The quantitative estimate of drug-likeness (QED) is 0.166. The minimum absolute atomic E-state index is 0.314. The van der Waals surface area contributed by atoms with Gasteiger partial charge in [-0.1, -0.05) is 76.8 Å². The Morgan fingerprint density at radius 1 is 0.472 bits per heavy atom. The standard InChI is InChI=1S/C35H60O/c1-29(2)15-9-16-30(3)17-10-18-31(4)19-11-20-32(5)21-12-22-33(6)23-13-24-34(7)25-14-26-35(8)27-28-36/h15,17,19,21,23,25,35-36H,9-14,16,18,20,22,24,26-28H2,1-8H3. The van der Waals surface area contributed by atoms with Gasteiger partial charge in [-0.25, -0.2) is 0 Å². The van der Waals surface area contributed by atoms with Crippen molar-refractivity contribution in [3.05, 3.63) is 69.9 Å². The van der Waals surface area contributed by atoms with Crippen LogP contribution in [0.3, 0.4) is 0 Å². The van der Waals surface area contributed by atoms with Crippen molar-refractivity contribution in [3.8, 4) is 0 Å². The van der Waals surface area contributed by atoms with Gasteiger partial charge in [-0.05, 0) is 138 Å². The van der Waals surface area contributed by atoms with Crippen molar-refractivity contribution in [2.24, 2.45) is 5.92 Å². The van der Waals surface area contributed by atoms with Gasteiger partial charge in [0.05, 0.1) is 0 Å². The topological polar surface area (TPSA) is 20.2 Å². The zero-order valence-electron chi connectivity index (χ0n) is 25.4. The molecule has 0 bridgehead atoms. The van der Waals surface area contributed by atoms with Gasteiger partial charge >= 0.3 is 0 Å². The first-order valence-electron chi connectivity index (χ1n) is 14.7. The second-order valence-electron chi connectivity index (χ2n) is 11.4. The Hall–Kier alpha value is -1.60. The maximum atomic E-state index is 9.00. The summed E-state index contributed by atoms with van der Waals surface area (Å²) in [5, 5.41) is 9.00. The molecule has 0 aromatic rings. The molecule has 0 aliphatic rings. The first-order valence-corrected chi connectivity index (χ1v) is 14.7. The lowest BCUT2D eigenvalue weighted by Gasteiger charge is -2.07. The number of aliphatic hydroxyl groups is 1. The number of rotatable bonds is 20. The molecule has 0 aliphatic heterocycles. The summed E-state index contributed by atoms with van der Waals surface area (Å²) < 4.78 is 0. The molecule has 36 heavy (non-hydrogen) atoms. The number of allylic oxidation sites excluding steroid dienone is 12. The molecule has 0 aromatic heterocycles. The van der Waals surface area contributed by atoms with Crippen molar-refractivity contribution in [1.82, 2.24) is 0 Å². The van der Waals surface area contributed by atoms with Gasteiger partial charge in [0.2, 0.25) is 0 Å². The number of hydrogen-bond donors (Lipinski definition) is 1. The lowest BCUT2D eigenvalue weighted by Crippen LogP contribution is -1.97. The average Bonchev–Trinajstić information content (AvgIpc) is 2.79. The van der Waals surface area contributed by atoms with E-state index in [0.717, 1.165) is 38.5 Å². The molecule has 0 spiro atoms. The molecule has 1 heteroatoms. The Kier molecular flexibility index (Phi) is 21.6. The summed E-state index contributed by atoms with van der Waals surface area (Å²) in [6.07, 6.45) is 29.4. The molecule has 1 N–H and O–H groups in total. The zero-order valence-corrected chi connectivity index (χ0v) is 25.4. The van der Waals surface area contributed by atoms with E-state index >= 15 is 0 Å². The molecule has 1 unspecified atom stereocenters. The van der Waals surface area contributed by atoms with Crippen molar-refractivity contribution in [3.63, 3.8) is 0 Å². The van der Waals surface area contributed by atoms with Crippen LogP contribution in [-0.2, 0) is 0 Å². The molecule has 0 amide bonds. The summed E-state index contributed by atoms with van der Waals surface area (Å²) in [7, 11) is 0. The van der Waals surface area contributed by atoms with E-state index in [2.05, 4.69) is 91.8 Å². The largest absolute Gasteiger partial charge is 0.396 e. The van der Waals surface area contributed by atoms with Crippen LogP contribution in [0.15, 0.2) is 69.9 Å². The van der Waals surface area contributed by atoms with Crippen LogP contribution in [0, 0.1) is 5.92 Å². The fourth-order valence-corrected chi connectivity index (χ4v) is 4.26. The van der Waals surface area contributed by atoms with Crippen molar-refractivity contribution in [2.45, 2.75) is 139 Å². The molecule has 0 radical (unpaired) electrons. The van der Waals surface area contributed by atoms with E-state index in [4.69, 9.17) is 5.11 Å². The van der Waals surface area contributed by atoms with Crippen LogP contribution in [0.25, 0.3) is 0 Å². The Balaban J connectivity index is 4.11. The highest BCUT2D eigenvalue weighted by Gasteiger charge is 2.00. The number of hydrogen-bond acceptors (Lipinski definition) is 1. The van der Waals surface area contributed by atoms with Gasteiger partial charge in [0.1, 0.15) is 0 Å². The van der Waals surface area contributed by atoms with E-state index in [1.54, 1.807) is 0 Å². The van der Waals surface area contributed by atoms with Gasteiger partial charge in [-0.15, -0.1) is 0 Å². The first kappa shape index (κ1) is 34.4. The fraction of sp³-hybridized carbons (Fsp3) is 0.657. The van der Waals surface area contributed by atoms with Crippen molar-refractivity contribution < 1.29 is 5.11 Å². The smallest absolute Gasteiger partial charge is 0.0433 e. The lowest BCUT2D eigenvalue weighted by molar-refractivity contribution is 0.259. The SMILES string of the molecule is CC(C)=CCCC(C)=CCCC(C)=CCCC(C)=CCCC(C)=CCCC(C)=CCCC(C)CCO. The molecule has 0 heterocycles. The van der Waals surface area contributed by atoms with Gasteiger partial charge in [0.25, 0.3) is 0 Å². The summed E-state index contributed by atoms with van der Waals surface area (Å²) in [5.41, 5.74) is 9.01. The highest BCUT2D eigenvalue weighted by molar-refractivity contribution is 5.08. The Morgan fingerprint density at radius 2 is 0.778 bits per heavy atom. The van der Waals surface area contributed by atoms with E-state index in [9.17, 15) is 0 Å². The van der Waals surface area contributed by atoms with Gasteiger partial charge < -0.3 is 5.11 Å². The molecular formula is C35H60O. The van der Waals surface area contributed by atoms with E-state index in [1.165, 1.54) is 78.4 Å². The monoisotopic (exact) mass is 496 g/mol. The molecule has 1 nitrogen and oxygen atoms in total. The van der Waals surface area contributed by atoms with Crippen molar-refractivity contribution >= 4 is 0 Å². The van der Waals surface area contributed by atoms with Crippen molar-refractivity contribution in [2.75, 3.05) is 6.61 Å². The average molecular weight is 497 g/mol. The maximum absolute atomic E-state index is 9.00. The van der Waals surface area contributed by atoms with Crippen LogP contribution in [0.4, 0.5) is 0 Å². The molecule has 206 valence electrons. The highest BCUT2D eigenvalue weighted by atomic mass is 16.3. The molecule has 0 aliphatic carbocycles. The maximum Gasteiger partial charge on any atom is 0.0433 e. The Labute approximate surface area is 226 Å². The predicted octanol–water partition coefficient (Wildman–Crippen LogP) is 11.4. The van der Waals surface area contributed by atoms with Crippen LogP contribution < -0.4 is 0 Å². The normalized spacial score (nSPS) is 14.9. The predicted molar refractivity (Wildman–Crippen MR) is 164 cm³/mol. The van der Waals surface area contributed by atoms with Crippen LogP contribution >= 0.6 is 0 Å². The zero-order chi connectivity index (χ0) is 27.2. The molecule has 0 fully saturated rings. The summed E-state index contributed by atoms with van der Waals surface area (Å²) >= 11 is 0. The Bertz CT molecular complexity index is 750. The van der Waals surface area contributed by atoms with Gasteiger partial charge in [-0.2, -0.15) is 0 Å². The van der Waals surface area contributed by atoms with E-state index in [1.807, 2.05) is 0 Å². The van der Waals surface area contributed by atoms with E-state index < -0.39 is 0 Å². The third-order valence-corrected chi connectivity index (χ3v) is 6.99. The van der Waals surface area contributed by atoms with Crippen LogP contribution in [0.5, 0.6) is 0 Å². The summed E-state index contributed by atoms with van der Waals surface area (Å²) in [5.74, 6) is 0.622. The minimum Gasteiger partial charge on any atom is -0.396 e. The van der Waals surface area contributed by atoms with Crippen LogP contribution in [0.2, 0.25) is 0 Å². The lowest BCUT2D eigenvalue weighted by atomic mass is 10.0. The molecule has 1 atom stereocenters. The third-order valence-electron chi connectivity index (χ3n) is 6.99.